The van der Waals surface area contributed by atoms with Gasteiger partial charge in [0.25, 0.3) is 5.56 Å². The molecular weight excluding hydrogens is 346 g/mol. The predicted molar refractivity (Wildman–Crippen MR) is 107 cm³/mol. The quantitative estimate of drug-likeness (QED) is 0.732. The lowest BCUT2D eigenvalue weighted by Crippen LogP contribution is -2.27. The summed E-state index contributed by atoms with van der Waals surface area (Å²) in [4.78, 5) is 31.1. The summed E-state index contributed by atoms with van der Waals surface area (Å²) in [6.45, 7) is 8.17. The van der Waals surface area contributed by atoms with E-state index in [9.17, 15) is 9.59 Å². The van der Waals surface area contributed by atoms with Crippen molar-refractivity contribution < 1.29 is 4.79 Å². The Bertz CT molecular complexity index is 1000. The lowest BCUT2D eigenvalue weighted by molar-refractivity contribution is -0.116. The van der Waals surface area contributed by atoms with E-state index in [2.05, 4.69) is 24.1 Å². The van der Waals surface area contributed by atoms with E-state index >= 15 is 0 Å². The zero-order valence-corrected chi connectivity index (χ0v) is 16.3. The number of carbonyl (C=O) groups excluding carboxylic acids is 1. The van der Waals surface area contributed by atoms with Gasteiger partial charge in [0.15, 0.2) is 0 Å². The fourth-order valence-electron chi connectivity index (χ4n) is 2.87. The molecule has 6 heteroatoms. The van der Waals surface area contributed by atoms with Gasteiger partial charge in [0.1, 0.15) is 11.4 Å². The number of hydrogen-bond donors (Lipinski definition) is 1. The average molecular weight is 369 g/mol. The molecule has 0 aliphatic rings. The molecule has 2 heterocycles. The molecule has 0 aliphatic heterocycles. The second kappa shape index (κ2) is 7.41. The molecule has 0 radical (unpaired) electrons. The van der Waals surface area contributed by atoms with Gasteiger partial charge >= 0.3 is 0 Å². The molecule has 0 saturated carbocycles. The Balaban J connectivity index is 1.76. The van der Waals surface area contributed by atoms with Crippen molar-refractivity contribution in [3.05, 3.63) is 57.0 Å². The highest BCUT2D eigenvalue weighted by Crippen LogP contribution is 2.25. The van der Waals surface area contributed by atoms with Gasteiger partial charge in [0, 0.05) is 10.6 Å². The third-order valence-corrected chi connectivity index (χ3v) is 5.96. The minimum Gasteiger partial charge on any atom is -0.325 e. The van der Waals surface area contributed by atoms with Gasteiger partial charge in [-0.05, 0) is 49.4 Å². The lowest BCUT2D eigenvalue weighted by Gasteiger charge is -2.11. The van der Waals surface area contributed by atoms with Crippen LogP contribution in [0.25, 0.3) is 10.2 Å². The van der Waals surface area contributed by atoms with E-state index in [0.29, 0.717) is 11.3 Å². The Hall–Kier alpha value is -2.47. The molecule has 0 aliphatic carbocycles. The molecule has 26 heavy (non-hydrogen) atoms. The molecule has 3 rings (SSSR count). The molecular formula is C20H23N3O2S. The van der Waals surface area contributed by atoms with Crippen molar-refractivity contribution in [2.75, 3.05) is 5.32 Å². The Labute approximate surface area is 156 Å². The van der Waals surface area contributed by atoms with Crippen LogP contribution in [0.3, 0.4) is 0 Å². The molecule has 0 spiro atoms. The Morgan fingerprint density at radius 1 is 1.27 bits per heavy atom. The molecule has 1 N–H and O–H groups in total. The molecule has 5 nitrogen and oxygen atoms in total. The van der Waals surface area contributed by atoms with Crippen molar-refractivity contribution in [1.29, 1.82) is 0 Å². The van der Waals surface area contributed by atoms with Crippen LogP contribution >= 0.6 is 11.3 Å². The number of thiophene rings is 1. The van der Waals surface area contributed by atoms with E-state index in [1.54, 1.807) is 0 Å². The van der Waals surface area contributed by atoms with Crippen molar-refractivity contribution in [2.24, 2.45) is 0 Å². The molecule has 0 fully saturated rings. The summed E-state index contributed by atoms with van der Waals surface area (Å²) in [5.74, 6) is 0.252. The van der Waals surface area contributed by atoms with Crippen molar-refractivity contribution in [1.82, 2.24) is 9.55 Å². The SMILES string of the molecule is CCC(C)c1ccc(NC(=O)Cn2cnc3sc(C)c(C)c3c2=O)cc1. The zero-order valence-electron chi connectivity index (χ0n) is 15.5. The number of nitrogens with zero attached hydrogens (tertiary/aromatic N) is 2. The highest BCUT2D eigenvalue weighted by Gasteiger charge is 2.14. The van der Waals surface area contributed by atoms with Crippen LogP contribution in [0.5, 0.6) is 0 Å². The fraction of sp³-hybridized carbons (Fsp3) is 0.350. The number of carbonyl (C=O) groups is 1. The highest BCUT2D eigenvalue weighted by molar-refractivity contribution is 7.18. The van der Waals surface area contributed by atoms with E-state index in [1.807, 2.05) is 38.1 Å². The maximum absolute atomic E-state index is 12.7. The van der Waals surface area contributed by atoms with Gasteiger partial charge < -0.3 is 5.32 Å². The number of benzene rings is 1. The van der Waals surface area contributed by atoms with Gasteiger partial charge in [-0.1, -0.05) is 26.0 Å². The number of anilines is 1. The number of hydrogen-bond acceptors (Lipinski definition) is 4. The molecule has 3 aromatic rings. The Morgan fingerprint density at radius 3 is 2.62 bits per heavy atom. The number of aryl methyl sites for hydroxylation is 2. The number of nitrogens with one attached hydrogen (secondary N) is 1. The van der Waals surface area contributed by atoms with E-state index in [-0.39, 0.29) is 18.0 Å². The first-order valence-corrected chi connectivity index (χ1v) is 9.57. The van der Waals surface area contributed by atoms with E-state index < -0.39 is 0 Å². The summed E-state index contributed by atoms with van der Waals surface area (Å²) in [5.41, 5.74) is 2.75. The lowest BCUT2D eigenvalue weighted by atomic mass is 9.99. The number of rotatable bonds is 5. The van der Waals surface area contributed by atoms with Gasteiger partial charge in [-0.15, -0.1) is 11.3 Å². The van der Waals surface area contributed by atoms with E-state index in [4.69, 9.17) is 0 Å². The first kappa shape index (κ1) is 18.3. The van der Waals surface area contributed by atoms with Crippen LogP contribution in [0.2, 0.25) is 0 Å². The van der Waals surface area contributed by atoms with Crippen LogP contribution in [0.15, 0.2) is 35.4 Å². The summed E-state index contributed by atoms with van der Waals surface area (Å²) in [6.07, 6.45) is 2.53. The first-order chi connectivity index (χ1) is 12.4. The molecule has 136 valence electrons. The summed E-state index contributed by atoms with van der Waals surface area (Å²) in [5, 5.41) is 3.46. The number of aromatic nitrogens is 2. The summed E-state index contributed by atoms with van der Waals surface area (Å²) in [7, 11) is 0. The summed E-state index contributed by atoms with van der Waals surface area (Å²) >= 11 is 1.50. The summed E-state index contributed by atoms with van der Waals surface area (Å²) < 4.78 is 1.37. The number of amides is 1. The topological polar surface area (TPSA) is 64.0 Å². The molecule has 1 amide bonds. The Morgan fingerprint density at radius 2 is 1.96 bits per heavy atom. The van der Waals surface area contributed by atoms with Crippen LogP contribution < -0.4 is 10.9 Å². The van der Waals surface area contributed by atoms with Crippen molar-refractivity contribution >= 4 is 33.1 Å². The third kappa shape index (κ3) is 3.55. The molecule has 1 unspecified atom stereocenters. The maximum atomic E-state index is 12.7. The van der Waals surface area contributed by atoms with E-state index in [1.165, 1.54) is 27.8 Å². The van der Waals surface area contributed by atoms with Crippen LogP contribution in [0.4, 0.5) is 5.69 Å². The van der Waals surface area contributed by atoms with Crippen molar-refractivity contribution in [2.45, 2.75) is 46.6 Å². The standard InChI is InChI=1S/C20H23N3O2S/c1-5-12(2)15-6-8-16(9-7-15)22-17(24)10-23-11-21-19-18(20(23)25)13(3)14(4)26-19/h6-9,11-12H,5,10H2,1-4H3,(H,22,24). The first-order valence-electron chi connectivity index (χ1n) is 8.75. The Kier molecular flexibility index (Phi) is 5.23. The van der Waals surface area contributed by atoms with Gasteiger partial charge in [-0.3, -0.25) is 14.2 Å². The second-order valence-corrected chi connectivity index (χ2v) is 7.82. The van der Waals surface area contributed by atoms with Crippen LogP contribution in [-0.4, -0.2) is 15.5 Å². The van der Waals surface area contributed by atoms with Crippen LogP contribution in [0, 0.1) is 13.8 Å². The molecule has 0 bridgehead atoms. The minimum absolute atomic E-state index is 0.0524. The normalized spacial score (nSPS) is 12.3. The second-order valence-electron chi connectivity index (χ2n) is 6.62. The smallest absolute Gasteiger partial charge is 0.262 e. The maximum Gasteiger partial charge on any atom is 0.262 e. The summed E-state index contributed by atoms with van der Waals surface area (Å²) in [6, 6.07) is 7.86. The van der Waals surface area contributed by atoms with Gasteiger partial charge in [0.2, 0.25) is 5.91 Å². The molecule has 2 aromatic heterocycles. The monoisotopic (exact) mass is 369 g/mol. The van der Waals surface area contributed by atoms with Crippen LogP contribution in [-0.2, 0) is 11.3 Å². The number of fused-ring (bicyclic) bond motifs is 1. The zero-order chi connectivity index (χ0) is 18.8. The van der Waals surface area contributed by atoms with Gasteiger partial charge in [0.05, 0.1) is 11.7 Å². The van der Waals surface area contributed by atoms with Crippen molar-refractivity contribution in [3.8, 4) is 0 Å². The predicted octanol–water partition coefficient (Wildman–Crippen LogP) is 4.23. The van der Waals surface area contributed by atoms with Gasteiger partial charge in [-0.2, -0.15) is 0 Å². The van der Waals surface area contributed by atoms with Crippen molar-refractivity contribution in [3.63, 3.8) is 0 Å². The third-order valence-electron chi connectivity index (χ3n) is 4.85. The minimum atomic E-state index is -0.242. The van der Waals surface area contributed by atoms with Gasteiger partial charge in [-0.25, -0.2) is 4.98 Å². The van der Waals surface area contributed by atoms with Crippen LogP contribution in [0.1, 0.15) is 42.2 Å². The fourth-order valence-corrected chi connectivity index (χ4v) is 3.86. The largest absolute Gasteiger partial charge is 0.325 e. The highest BCUT2D eigenvalue weighted by atomic mass is 32.1. The molecule has 1 atom stereocenters. The van der Waals surface area contributed by atoms with E-state index in [0.717, 1.165) is 27.4 Å². The molecule has 1 aromatic carbocycles. The molecule has 0 saturated heterocycles. The average Bonchev–Trinajstić information content (AvgIpc) is 2.92.